The molecule has 0 aromatic heterocycles. The zero-order chi connectivity index (χ0) is 12.0. The Labute approximate surface area is 94.8 Å². The van der Waals surface area contributed by atoms with Crippen molar-refractivity contribution in [1.29, 1.82) is 0 Å². The van der Waals surface area contributed by atoms with Crippen molar-refractivity contribution in [2.24, 2.45) is 0 Å². The van der Waals surface area contributed by atoms with Gasteiger partial charge in [-0.3, -0.25) is 4.79 Å². The molecule has 0 spiro atoms. The van der Waals surface area contributed by atoms with Gasteiger partial charge in [-0.25, -0.2) is 0 Å². The van der Waals surface area contributed by atoms with Crippen molar-refractivity contribution in [1.82, 2.24) is 0 Å². The molecule has 16 heavy (non-hydrogen) atoms. The summed E-state index contributed by atoms with van der Waals surface area (Å²) in [5, 5.41) is 9.24. The maximum Gasteiger partial charge on any atom is 0.194 e. The first kappa shape index (κ1) is 12.7. The van der Waals surface area contributed by atoms with E-state index >= 15 is 0 Å². The van der Waals surface area contributed by atoms with E-state index in [0.29, 0.717) is 24.5 Å². The van der Waals surface area contributed by atoms with Crippen LogP contribution in [0.1, 0.15) is 17.3 Å². The SMILES string of the molecule is COCCOc1ccccc1C(=O)C(C)O. The van der Waals surface area contributed by atoms with Gasteiger partial charge in [-0.1, -0.05) is 12.1 Å². The second kappa shape index (κ2) is 6.25. The number of rotatable bonds is 6. The third-order valence-corrected chi connectivity index (χ3v) is 2.08. The standard InChI is InChI=1S/C12H16O4/c1-9(13)12(14)10-5-3-4-6-11(10)16-8-7-15-2/h3-6,9,13H,7-8H2,1-2H3. The molecule has 1 rings (SSSR count). The molecule has 0 radical (unpaired) electrons. The topological polar surface area (TPSA) is 55.8 Å². The number of ketones is 1. The first-order valence-electron chi connectivity index (χ1n) is 5.10. The second-order valence-corrected chi connectivity index (χ2v) is 3.38. The van der Waals surface area contributed by atoms with Gasteiger partial charge in [0, 0.05) is 7.11 Å². The number of carbonyl (C=O) groups is 1. The molecule has 0 amide bonds. The van der Waals surface area contributed by atoms with Gasteiger partial charge in [0.25, 0.3) is 0 Å². The lowest BCUT2D eigenvalue weighted by Crippen LogP contribution is -2.17. The van der Waals surface area contributed by atoms with Crippen molar-refractivity contribution >= 4 is 5.78 Å². The molecule has 0 saturated heterocycles. The number of carbonyl (C=O) groups excluding carboxylic acids is 1. The van der Waals surface area contributed by atoms with Crippen LogP contribution in [0, 0.1) is 0 Å². The van der Waals surface area contributed by atoms with Gasteiger partial charge in [-0.15, -0.1) is 0 Å². The summed E-state index contributed by atoms with van der Waals surface area (Å²) in [6.07, 6.45) is -1.02. The first-order valence-corrected chi connectivity index (χ1v) is 5.10. The second-order valence-electron chi connectivity index (χ2n) is 3.38. The summed E-state index contributed by atoms with van der Waals surface area (Å²) >= 11 is 0. The van der Waals surface area contributed by atoms with E-state index in [-0.39, 0.29) is 5.78 Å². The van der Waals surface area contributed by atoms with E-state index in [9.17, 15) is 9.90 Å². The summed E-state index contributed by atoms with van der Waals surface area (Å²) in [5.74, 6) is 0.137. The first-order chi connectivity index (χ1) is 7.66. The molecule has 4 nitrogen and oxygen atoms in total. The molecule has 0 bridgehead atoms. The molecule has 1 unspecified atom stereocenters. The number of aliphatic hydroxyl groups is 1. The number of methoxy groups -OCH3 is 1. The molecule has 0 aliphatic carbocycles. The van der Waals surface area contributed by atoms with E-state index in [1.165, 1.54) is 6.92 Å². The lowest BCUT2D eigenvalue weighted by molar-refractivity contribution is 0.0772. The Kier molecular flexibility index (Phi) is 4.95. The van der Waals surface area contributed by atoms with Crippen molar-refractivity contribution in [3.8, 4) is 5.75 Å². The number of hydrogen-bond donors (Lipinski definition) is 1. The lowest BCUT2D eigenvalue weighted by Gasteiger charge is -2.11. The summed E-state index contributed by atoms with van der Waals surface area (Å²) in [4.78, 5) is 11.6. The summed E-state index contributed by atoms with van der Waals surface area (Å²) in [5.41, 5.74) is 0.397. The van der Waals surface area contributed by atoms with E-state index in [1.54, 1.807) is 31.4 Å². The molecule has 0 aliphatic heterocycles. The van der Waals surface area contributed by atoms with Crippen LogP contribution >= 0.6 is 0 Å². The quantitative estimate of drug-likeness (QED) is 0.584. The van der Waals surface area contributed by atoms with Crippen LogP contribution in [0.15, 0.2) is 24.3 Å². The Morgan fingerprint density at radius 2 is 2.06 bits per heavy atom. The van der Waals surface area contributed by atoms with E-state index < -0.39 is 6.10 Å². The Morgan fingerprint density at radius 1 is 1.38 bits per heavy atom. The maximum atomic E-state index is 11.6. The molecular formula is C12H16O4. The molecule has 1 N–H and O–H groups in total. The average Bonchev–Trinajstić information content (AvgIpc) is 2.29. The van der Waals surface area contributed by atoms with Gasteiger partial charge in [0.1, 0.15) is 18.5 Å². The highest BCUT2D eigenvalue weighted by Crippen LogP contribution is 2.19. The van der Waals surface area contributed by atoms with Gasteiger partial charge >= 0.3 is 0 Å². The Balaban J connectivity index is 2.79. The van der Waals surface area contributed by atoms with Crippen LogP contribution < -0.4 is 4.74 Å². The molecule has 88 valence electrons. The third-order valence-electron chi connectivity index (χ3n) is 2.08. The van der Waals surface area contributed by atoms with Crippen LogP contribution in [0.25, 0.3) is 0 Å². The Morgan fingerprint density at radius 3 is 2.69 bits per heavy atom. The molecule has 1 atom stereocenters. The number of aliphatic hydroxyl groups excluding tert-OH is 1. The molecule has 0 fully saturated rings. The zero-order valence-corrected chi connectivity index (χ0v) is 9.47. The Bertz CT molecular complexity index is 347. The monoisotopic (exact) mass is 224 g/mol. The minimum absolute atomic E-state index is 0.340. The minimum atomic E-state index is -1.02. The molecule has 4 heteroatoms. The van der Waals surface area contributed by atoms with Crippen LogP contribution in [0.5, 0.6) is 5.75 Å². The van der Waals surface area contributed by atoms with Crippen LogP contribution in [0.4, 0.5) is 0 Å². The normalized spacial score (nSPS) is 12.2. The molecule has 1 aromatic rings. The van der Waals surface area contributed by atoms with Gasteiger partial charge in [0.15, 0.2) is 5.78 Å². The van der Waals surface area contributed by atoms with Gasteiger partial charge in [0.05, 0.1) is 12.2 Å². The molecule has 0 heterocycles. The Hall–Kier alpha value is -1.39. The van der Waals surface area contributed by atoms with Crippen molar-refractivity contribution < 1.29 is 19.4 Å². The third kappa shape index (κ3) is 3.32. The molecule has 1 aromatic carbocycles. The summed E-state index contributed by atoms with van der Waals surface area (Å²) in [6.45, 7) is 2.27. The smallest absolute Gasteiger partial charge is 0.194 e. The highest BCUT2D eigenvalue weighted by atomic mass is 16.5. The predicted molar refractivity (Wildman–Crippen MR) is 59.8 cm³/mol. The number of benzene rings is 1. The highest BCUT2D eigenvalue weighted by Gasteiger charge is 2.16. The van der Waals surface area contributed by atoms with Crippen molar-refractivity contribution in [2.45, 2.75) is 13.0 Å². The van der Waals surface area contributed by atoms with Crippen LogP contribution in [0.2, 0.25) is 0 Å². The summed E-state index contributed by atoms with van der Waals surface area (Å²) < 4.78 is 10.2. The predicted octanol–water partition coefficient (Wildman–Crippen LogP) is 1.28. The highest BCUT2D eigenvalue weighted by molar-refractivity contribution is 6.01. The summed E-state index contributed by atoms with van der Waals surface area (Å²) in [7, 11) is 1.58. The fourth-order valence-corrected chi connectivity index (χ4v) is 1.26. The van der Waals surface area contributed by atoms with Gasteiger partial charge in [0.2, 0.25) is 0 Å². The fraction of sp³-hybridized carbons (Fsp3) is 0.417. The number of hydrogen-bond acceptors (Lipinski definition) is 4. The molecule has 0 saturated carbocycles. The van der Waals surface area contributed by atoms with Crippen molar-refractivity contribution in [2.75, 3.05) is 20.3 Å². The van der Waals surface area contributed by atoms with E-state index in [4.69, 9.17) is 9.47 Å². The van der Waals surface area contributed by atoms with Crippen molar-refractivity contribution in [3.63, 3.8) is 0 Å². The fourth-order valence-electron chi connectivity index (χ4n) is 1.26. The van der Waals surface area contributed by atoms with E-state index in [2.05, 4.69) is 0 Å². The van der Waals surface area contributed by atoms with Crippen LogP contribution in [0.3, 0.4) is 0 Å². The number of para-hydroxylation sites is 1. The number of Topliss-reactive ketones (excluding diaryl/α,β-unsaturated/α-hetero) is 1. The van der Waals surface area contributed by atoms with Gasteiger partial charge < -0.3 is 14.6 Å². The van der Waals surface area contributed by atoms with Crippen LogP contribution in [-0.2, 0) is 4.74 Å². The maximum absolute atomic E-state index is 11.6. The average molecular weight is 224 g/mol. The van der Waals surface area contributed by atoms with Gasteiger partial charge in [-0.2, -0.15) is 0 Å². The molecular weight excluding hydrogens is 208 g/mol. The lowest BCUT2D eigenvalue weighted by atomic mass is 10.1. The van der Waals surface area contributed by atoms with Gasteiger partial charge in [-0.05, 0) is 19.1 Å². The van der Waals surface area contributed by atoms with E-state index in [0.717, 1.165) is 0 Å². The summed E-state index contributed by atoms with van der Waals surface area (Å²) in [6, 6.07) is 6.85. The van der Waals surface area contributed by atoms with E-state index in [1.807, 2.05) is 0 Å². The minimum Gasteiger partial charge on any atom is -0.490 e. The zero-order valence-electron chi connectivity index (χ0n) is 9.47. The van der Waals surface area contributed by atoms with Crippen molar-refractivity contribution in [3.05, 3.63) is 29.8 Å². The molecule has 0 aliphatic rings. The number of ether oxygens (including phenoxy) is 2. The largest absolute Gasteiger partial charge is 0.490 e. The van der Waals surface area contributed by atoms with Crippen LogP contribution in [-0.4, -0.2) is 37.3 Å².